The van der Waals surface area contributed by atoms with Crippen molar-refractivity contribution in [2.45, 2.75) is 21.7 Å². The van der Waals surface area contributed by atoms with Crippen LogP contribution in [-0.2, 0) is 32.3 Å². The normalized spacial score (nSPS) is 16.2. The fraction of sp³-hybridized carbons (Fsp3) is 0.167. The van der Waals surface area contributed by atoms with E-state index in [1.165, 1.54) is 26.7 Å². The summed E-state index contributed by atoms with van der Waals surface area (Å²) in [5.74, 6) is 0.634. The van der Waals surface area contributed by atoms with Crippen LogP contribution in [0.2, 0.25) is 9.38 Å². The van der Waals surface area contributed by atoms with Crippen LogP contribution in [0, 0.1) is 0 Å². The molecule has 0 aliphatic heterocycles. The molecule has 0 aromatic heterocycles. The van der Waals surface area contributed by atoms with E-state index in [0.29, 0.717) is 5.92 Å². The van der Waals surface area contributed by atoms with Gasteiger partial charge in [-0.3, -0.25) is 0 Å². The molecule has 0 saturated carbocycles. The summed E-state index contributed by atoms with van der Waals surface area (Å²) < 4.78 is 3.11. The maximum absolute atomic E-state index is 2.59. The molecule has 3 aromatic rings. The van der Waals surface area contributed by atoms with Crippen molar-refractivity contribution in [3.8, 4) is 11.1 Å². The molecule has 0 heterocycles. The van der Waals surface area contributed by atoms with Crippen molar-refractivity contribution in [2.24, 2.45) is 0 Å². The Bertz CT molecular complexity index is 989. The Kier molecular flexibility index (Phi) is 5.38. The fourth-order valence-electron chi connectivity index (χ4n) is 4.50. The average Bonchev–Trinajstić information content (AvgIpc) is 3.23. The van der Waals surface area contributed by atoms with E-state index in [2.05, 4.69) is 83.8 Å². The van der Waals surface area contributed by atoms with E-state index in [9.17, 15) is 0 Å². The van der Waals surface area contributed by atoms with Gasteiger partial charge in [0.15, 0.2) is 0 Å². The Labute approximate surface area is 181 Å². The van der Waals surface area contributed by atoms with Gasteiger partial charge in [-0.2, -0.15) is 0 Å². The second-order valence-electron chi connectivity index (χ2n) is 7.24. The summed E-state index contributed by atoms with van der Waals surface area (Å²) in [7, 11) is 0. The third kappa shape index (κ3) is 3.11. The number of hydrogen-bond acceptors (Lipinski definition) is 0. The second kappa shape index (κ2) is 7.59. The molecule has 125 valence electrons. The summed E-state index contributed by atoms with van der Waals surface area (Å²) in [6, 6.07) is 24.9. The predicted molar refractivity (Wildman–Crippen MR) is 109 cm³/mol. The molecule has 1 radical (unpaired) electrons. The van der Waals surface area contributed by atoms with Gasteiger partial charge in [0.25, 0.3) is 0 Å². The molecule has 0 amide bonds. The Hall–Kier alpha value is -0.931. The third-order valence-electron chi connectivity index (χ3n) is 5.74. The first-order valence-corrected chi connectivity index (χ1v) is 15.4. The summed E-state index contributed by atoms with van der Waals surface area (Å²) in [5.41, 5.74) is 9.06. The van der Waals surface area contributed by atoms with E-state index in [0.717, 1.165) is 6.42 Å². The van der Waals surface area contributed by atoms with Gasteiger partial charge in [0.1, 0.15) is 0 Å². The number of benzene rings is 3. The monoisotopic (exact) mass is 609 g/mol. The van der Waals surface area contributed by atoms with E-state index in [1.54, 1.807) is 14.7 Å². The van der Waals surface area contributed by atoms with E-state index in [4.69, 9.17) is 0 Å². The third-order valence-corrected chi connectivity index (χ3v) is 12.7. The zero-order valence-electron chi connectivity index (χ0n) is 15.0. The summed E-state index contributed by atoms with van der Waals surface area (Å²) in [6.45, 7) is 0. The molecule has 2 aliphatic carbocycles. The number of rotatable bonds is 3. The van der Waals surface area contributed by atoms with Crippen molar-refractivity contribution in [3.05, 3.63) is 95.1 Å². The zero-order valence-corrected chi connectivity index (χ0v) is 21.4. The van der Waals surface area contributed by atoms with E-state index in [-0.39, 0.29) is 25.8 Å². The van der Waals surface area contributed by atoms with Crippen LogP contribution < -0.4 is 3.58 Å². The molecule has 0 N–H and O–H groups in total. The first kappa shape index (κ1) is 18.4. The van der Waals surface area contributed by atoms with Gasteiger partial charge in [0.05, 0.1) is 0 Å². The molecule has 0 saturated heterocycles. The first-order valence-electron chi connectivity index (χ1n) is 9.11. The van der Waals surface area contributed by atoms with Crippen molar-refractivity contribution in [1.82, 2.24) is 0 Å². The molecule has 3 aromatic carbocycles. The minimum absolute atomic E-state index is 0. The van der Waals surface area contributed by atoms with Crippen LogP contribution in [0.5, 0.6) is 0 Å². The smallest absolute Gasteiger partial charge is 0 e. The van der Waals surface area contributed by atoms with E-state index in [1.807, 2.05) is 0 Å². The quantitative estimate of drug-likeness (QED) is 0.274. The van der Waals surface area contributed by atoms with Crippen LogP contribution in [0.4, 0.5) is 0 Å². The molecule has 0 bridgehead atoms. The van der Waals surface area contributed by atoms with Crippen LogP contribution in [0.15, 0.2) is 72.8 Å². The maximum atomic E-state index is 2.59. The van der Waals surface area contributed by atoms with Crippen LogP contribution in [-0.4, -0.2) is 19.8 Å². The summed E-state index contributed by atoms with van der Waals surface area (Å²) in [5, 5.41) is 0. The van der Waals surface area contributed by atoms with E-state index >= 15 is 0 Å². The van der Waals surface area contributed by atoms with E-state index < -0.39 is 19.8 Å². The molecule has 1 unspecified atom stereocenters. The topological polar surface area (TPSA) is 0 Å². The number of fused-ring (bicyclic) bond motifs is 4. The molecular formula is C24H21HfSn. The molecule has 1 atom stereocenters. The first-order chi connectivity index (χ1) is 12.3. The molecule has 2 heteroatoms. The molecule has 0 spiro atoms. The van der Waals surface area contributed by atoms with Gasteiger partial charge in [0.2, 0.25) is 0 Å². The minimum Gasteiger partial charge on any atom is 0 e. The summed E-state index contributed by atoms with van der Waals surface area (Å²) in [4.78, 5) is 2.59. The van der Waals surface area contributed by atoms with Crippen LogP contribution in [0.25, 0.3) is 17.2 Å². The molecule has 0 fully saturated rings. The van der Waals surface area contributed by atoms with Crippen LogP contribution in [0.1, 0.15) is 28.2 Å². The Morgan fingerprint density at radius 2 is 1.65 bits per heavy atom. The molecular weight excluding hydrogens is 585 g/mol. The SMILES string of the molecule is [CH3][Sn]([CH2]C1C=Cc2ccccc21)[c]1cccc2c1Cc1ccccc1-2.[Hf]. The van der Waals surface area contributed by atoms with Crippen molar-refractivity contribution in [3.63, 3.8) is 0 Å². The molecule has 26 heavy (non-hydrogen) atoms. The Morgan fingerprint density at radius 1 is 0.885 bits per heavy atom. The fourth-order valence-corrected chi connectivity index (χ4v) is 11.2. The van der Waals surface area contributed by atoms with Crippen LogP contribution in [0.3, 0.4) is 0 Å². The zero-order chi connectivity index (χ0) is 16.8. The second-order valence-corrected chi connectivity index (χ2v) is 14.4. The number of allylic oxidation sites excluding steroid dienone is 1. The van der Waals surface area contributed by atoms with Crippen molar-refractivity contribution >= 4 is 29.4 Å². The Balaban J connectivity index is 0.00000168. The van der Waals surface area contributed by atoms with Gasteiger partial charge < -0.3 is 0 Å². The average molecular weight is 607 g/mol. The van der Waals surface area contributed by atoms with Crippen molar-refractivity contribution in [2.75, 3.05) is 0 Å². The minimum atomic E-state index is -1.65. The molecule has 2 aliphatic rings. The summed E-state index contributed by atoms with van der Waals surface area (Å²) >= 11 is -1.65. The predicted octanol–water partition coefficient (Wildman–Crippen LogP) is 5.40. The van der Waals surface area contributed by atoms with Gasteiger partial charge in [-0.05, 0) is 0 Å². The van der Waals surface area contributed by atoms with Crippen molar-refractivity contribution in [1.29, 1.82) is 0 Å². The molecule has 5 rings (SSSR count). The van der Waals surface area contributed by atoms with Gasteiger partial charge >= 0.3 is 157 Å². The van der Waals surface area contributed by atoms with Gasteiger partial charge in [-0.25, -0.2) is 0 Å². The largest absolute Gasteiger partial charge is 0 e. The van der Waals surface area contributed by atoms with Gasteiger partial charge in [-0.15, -0.1) is 0 Å². The Morgan fingerprint density at radius 3 is 2.58 bits per heavy atom. The maximum Gasteiger partial charge on any atom is 0 e. The summed E-state index contributed by atoms with van der Waals surface area (Å²) in [6.07, 6.45) is 5.89. The van der Waals surface area contributed by atoms with Crippen LogP contribution >= 0.6 is 0 Å². The van der Waals surface area contributed by atoms with Gasteiger partial charge in [0, 0.05) is 25.8 Å². The number of hydrogen-bond donors (Lipinski definition) is 0. The molecule has 0 nitrogen and oxygen atoms in total. The standard InChI is InChI=1S/C13H9.C10H9.CH3.Hf.Sn/c1-3-7-12-10(5-1)9-11-6-2-4-8-13(11)12;1-8-6-7-9-4-2-3-5-10(8)9;;;/h1-5,7-8H,9H2;2-8H,1H2;1H3;;. The van der Waals surface area contributed by atoms with Crippen molar-refractivity contribution < 1.29 is 25.8 Å². The van der Waals surface area contributed by atoms with Gasteiger partial charge in [-0.1, -0.05) is 0 Å².